The molecule has 1 aromatic heterocycles. The molecule has 0 saturated heterocycles. The smallest absolute Gasteiger partial charge is 0.330 e. The van der Waals surface area contributed by atoms with E-state index >= 15 is 0 Å². The second-order valence-corrected chi connectivity index (χ2v) is 8.22. The molecule has 0 spiro atoms. The lowest BCUT2D eigenvalue weighted by molar-refractivity contribution is -0.00151. The molecule has 0 radical (unpaired) electrons. The van der Waals surface area contributed by atoms with E-state index in [1.807, 2.05) is 35.2 Å². The highest BCUT2D eigenvalue weighted by atomic mass is 16.5. The van der Waals surface area contributed by atoms with Crippen molar-refractivity contribution >= 4 is 11.5 Å². The van der Waals surface area contributed by atoms with Crippen molar-refractivity contribution < 1.29 is 9.47 Å². The topological polar surface area (TPSA) is 103 Å². The molecule has 1 fully saturated rings. The number of nitrogen functional groups attached to an aromatic ring is 1. The van der Waals surface area contributed by atoms with Gasteiger partial charge in [0.15, 0.2) is 0 Å². The van der Waals surface area contributed by atoms with Gasteiger partial charge in [-0.15, -0.1) is 0 Å². The number of benzene rings is 1. The summed E-state index contributed by atoms with van der Waals surface area (Å²) in [6, 6.07) is 9.54. The number of nitrogens with one attached hydrogen (secondary N) is 1. The summed E-state index contributed by atoms with van der Waals surface area (Å²) in [5, 5.41) is 0. The van der Waals surface area contributed by atoms with Crippen molar-refractivity contribution in [2.24, 2.45) is 5.92 Å². The Hall–Kier alpha value is -2.58. The number of nitrogens with zero attached hydrogens (tertiary/aromatic N) is 2. The van der Waals surface area contributed by atoms with E-state index in [1.165, 1.54) is 23.8 Å². The predicted molar refractivity (Wildman–Crippen MR) is 123 cm³/mol. The lowest BCUT2D eigenvalue weighted by atomic mass is 9.88. The van der Waals surface area contributed by atoms with Gasteiger partial charge in [-0.05, 0) is 24.3 Å². The first-order chi connectivity index (χ1) is 15.0. The zero-order chi connectivity index (χ0) is 22.2. The number of nitrogens with two attached hydrogens (primary N) is 1. The third-order valence-electron chi connectivity index (χ3n) is 6.01. The summed E-state index contributed by atoms with van der Waals surface area (Å²) in [5.74, 6) is 0.696. The summed E-state index contributed by atoms with van der Waals surface area (Å²) in [6.07, 6.45) is 4.97. The van der Waals surface area contributed by atoms with E-state index in [9.17, 15) is 9.59 Å². The average Bonchev–Trinajstić information content (AvgIpc) is 2.76. The lowest BCUT2D eigenvalue weighted by Gasteiger charge is -2.31. The van der Waals surface area contributed by atoms with Gasteiger partial charge in [-0.3, -0.25) is 14.3 Å². The second-order valence-electron chi connectivity index (χ2n) is 8.22. The molecule has 1 aliphatic carbocycles. The quantitative estimate of drug-likeness (QED) is 0.599. The van der Waals surface area contributed by atoms with Crippen LogP contribution >= 0.6 is 0 Å². The van der Waals surface area contributed by atoms with Gasteiger partial charge in [0.05, 0.1) is 25.9 Å². The normalized spacial score (nSPS) is 18.8. The molecule has 1 heterocycles. The van der Waals surface area contributed by atoms with Crippen molar-refractivity contribution in [3.05, 3.63) is 56.7 Å². The van der Waals surface area contributed by atoms with E-state index in [0.717, 1.165) is 12.0 Å². The lowest BCUT2D eigenvalue weighted by Crippen LogP contribution is -2.41. The van der Waals surface area contributed by atoms with Crippen LogP contribution < -0.4 is 21.9 Å². The molecule has 3 rings (SSSR count). The number of rotatable bonds is 10. The fourth-order valence-corrected chi connectivity index (χ4v) is 4.19. The van der Waals surface area contributed by atoms with Crippen LogP contribution in [0, 0.1) is 5.92 Å². The van der Waals surface area contributed by atoms with E-state index in [4.69, 9.17) is 15.2 Å². The van der Waals surface area contributed by atoms with Crippen molar-refractivity contribution in [2.75, 3.05) is 44.0 Å². The van der Waals surface area contributed by atoms with E-state index in [1.54, 1.807) is 7.11 Å². The van der Waals surface area contributed by atoms with E-state index in [-0.39, 0.29) is 24.2 Å². The first-order valence-corrected chi connectivity index (χ1v) is 11.0. The molecule has 1 aliphatic rings. The Labute approximate surface area is 183 Å². The first kappa shape index (κ1) is 23.1. The van der Waals surface area contributed by atoms with Gasteiger partial charge in [-0.1, -0.05) is 50.1 Å². The Bertz CT molecular complexity index is 941. The zero-order valence-corrected chi connectivity index (χ0v) is 18.5. The number of hydrogen-bond donors (Lipinski definition) is 2. The number of methoxy groups -OCH3 is 1. The van der Waals surface area contributed by atoms with Crippen molar-refractivity contribution in [3.63, 3.8) is 0 Å². The molecule has 0 bridgehead atoms. The van der Waals surface area contributed by atoms with Crippen LogP contribution in [0.4, 0.5) is 11.5 Å². The molecule has 1 saturated carbocycles. The highest BCUT2D eigenvalue weighted by molar-refractivity contribution is 5.62. The molecule has 2 unspecified atom stereocenters. The van der Waals surface area contributed by atoms with Crippen LogP contribution in [0.25, 0.3) is 0 Å². The number of hydrogen-bond acceptors (Lipinski definition) is 6. The average molecular weight is 431 g/mol. The molecule has 3 N–H and O–H groups in total. The van der Waals surface area contributed by atoms with Gasteiger partial charge in [-0.25, -0.2) is 4.79 Å². The minimum Gasteiger partial charge on any atom is -0.383 e. The maximum absolute atomic E-state index is 12.7. The highest BCUT2D eigenvalue weighted by Crippen LogP contribution is 2.26. The van der Waals surface area contributed by atoms with E-state index in [2.05, 4.69) is 11.9 Å². The Balaban J connectivity index is 1.81. The van der Waals surface area contributed by atoms with Crippen molar-refractivity contribution in [1.29, 1.82) is 0 Å². The van der Waals surface area contributed by atoms with Gasteiger partial charge in [0, 0.05) is 20.2 Å². The van der Waals surface area contributed by atoms with Crippen LogP contribution in [0.1, 0.15) is 38.2 Å². The van der Waals surface area contributed by atoms with Crippen molar-refractivity contribution in [2.45, 2.75) is 45.3 Å². The molecule has 31 heavy (non-hydrogen) atoms. The van der Waals surface area contributed by atoms with E-state index in [0.29, 0.717) is 32.2 Å². The fraction of sp³-hybridized carbons (Fsp3) is 0.565. The molecule has 8 heteroatoms. The molecular formula is C23H34N4O4. The zero-order valence-electron chi connectivity index (χ0n) is 18.5. The van der Waals surface area contributed by atoms with Gasteiger partial charge in [0.1, 0.15) is 11.5 Å². The van der Waals surface area contributed by atoms with Crippen LogP contribution in [0.2, 0.25) is 0 Å². The minimum absolute atomic E-state index is 0.153. The van der Waals surface area contributed by atoms with Crippen LogP contribution in [0.15, 0.2) is 39.9 Å². The van der Waals surface area contributed by atoms with Crippen LogP contribution in [-0.4, -0.2) is 49.1 Å². The van der Waals surface area contributed by atoms with Gasteiger partial charge in [0.2, 0.25) is 0 Å². The van der Waals surface area contributed by atoms with Crippen molar-refractivity contribution in [3.8, 4) is 0 Å². The van der Waals surface area contributed by atoms with E-state index < -0.39 is 11.2 Å². The SMILES string of the molecule is COCCN(CCOC1CCCCC1C)c1c(N)n(Cc2ccccc2)c(=O)[nH]c1=O. The summed E-state index contributed by atoms with van der Waals surface area (Å²) >= 11 is 0. The number of H-pyrrole nitrogens is 1. The van der Waals surface area contributed by atoms with Crippen LogP contribution in [0.3, 0.4) is 0 Å². The molecule has 0 amide bonds. The Morgan fingerprint density at radius 2 is 1.84 bits per heavy atom. The molecular weight excluding hydrogens is 396 g/mol. The number of aromatic nitrogens is 2. The largest absolute Gasteiger partial charge is 0.383 e. The molecule has 0 aliphatic heterocycles. The molecule has 170 valence electrons. The van der Waals surface area contributed by atoms with Gasteiger partial charge >= 0.3 is 5.69 Å². The molecule has 2 atom stereocenters. The summed E-state index contributed by atoms with van der Waals surface area (Å²) in [5.41, 5.74) is 6.56. The maximum atomic E-state index is 12.7. The minimum atomic E-state index is -0.519. The predicted octanol–water partition coefficient (Wildman–Crippen LogP) is 2.22. The van der Waals surface area contributed by atoms with Crippen molar-refractivity contribution in [1.82, 2.24) is 9.55 Å². The standard InChI is InChI=1S/C23H34N4O4/c1-17-8-6-7-11-19(17)31-15-13-26(12-14-30-2)20-21(24)27(23(29)25-22(20)28)16-18-9-4-3-5-10-18/h3-5,9-10,17,19H,6-8,11-16,24H2,1-2H3,(H,25,28,29). The van der Waals surface area contributed by atoms with Gasteiger partial charge < -0.3 is 20.1 Å². The van der Waals surface area contributed by atoms with Crippen LogP contribution in [0.5, 0.6) is 0 Å². The third kappa shape index (κ3) is 5.98. The fourth-order valence-electron chi connectivity index (χ4n) is 4.19. The summed E-state index contributed by atoms with van der Waals surface area (Å²) < 4.78 is 12.8. The number of aromatic amines is 1. The maximum Gasteiger partial charge on any atom is 0.330 e. The third-order valence-corrected chi connectivity index (χ3v) is 6.01. The number of ether oxygens (including phenoxy) is 2. The Morgan fingerprint density at radius 1 is 1.13 bits per heavy atom. The van der Waals surface area contributed by atoms with Gasteiger partial charge in [-0.2, -0.15) is 0 Å². The summed E-state index contributed by atoms with van der Waals surface area (Å²) in [7, 11) is 1.61. The van der Waals surface area contributed by atoms with Crippen LogP contribution in [-0.2, 0) is 16.0 Å². The second kappa shape index (κ2) is 11.2. The monoisotopic (exact) mass is 430 g/mol. The first-order valence-electron chi connectivity index (χ1n) is 11.0. The molecule has 2 aromatic rings. The van der Waals surface area contributed by atoms with Gasteiger partial charge in [0.25, 0.3) is 5.56 Å². The summed E-state index contributed by atoms with van der Waals surface area (Å²) in [6.45, 7) is 4.38. The molecule has 8 nitrogen and oxygen atoms in total. The summed E-state index contributed by atoms with van der Waals surface area (Å²) in [4.78, 5) is 29.5. The Morgan fingerprint density at radius 3 is 2.55 bits per heavy atom. The number of anilines is 2. The Kier molecular flexibility index (Phi) is 8.31. The molecule has 1 aromatic carbocycles. The highest BCUT2D eigenvalue weighted by Gasteiger charge is 2.23.